The molecular formula is C15H21ClN2O2. The Morgan fingerprint density at radius 3 is 2.80 bits per heavy atom. The predicted octanol–water partition coefficient (Wildman–Crippen LogP) is 2.80. The summed E-state index contributed by atoms with van der Waals surface area (Å²) in [5.41, 5.74) is 1.47. The third-order valence-corrected chi connectivity index (χ3v) is 3.87. The molecular weight excluding hydrogens is 276 g/mol. The monoisotopic (exact) mass is 296 g/mol. The van der Waals surface area contributed by atoms with E-state index in [1.807, 2.05) is 20.0 Å². The topological polar surface area (TPSA) is 42.4 Å². The second-order valence-corrected chi connectivity index (χ2v) is 5.65. The highest BCUT2D eigenvalue weighted by Gasteiger charge is 2.20. The highest BCUT2D eigenvalue weighted by atomic mass is 35.5. The van der Waals surface area contributed by atoms with Crippen molar-refractivity contribution in [3.8, 4) is 0 Å². The minimum atomic E-state index is 0.00971. The fraction of sp³-hybridized carbons (Fsp3) is 0.600. The van der Waals surface area contributed by atoms with E-state index in [0.717, 1.165) is 44.7 Å². The Morgan fingerprint density at radius 2 is 2.15 bits per heavy atom. The number of hydrogen-bond acceptors (Lipinski definition) is 3. The molecule has 1 aliphatic rings. The molecule has 1 fully saturated rings. The Labute approximate surface area is 125 Å². The van der Waals surface area contributed by atoms with Crippen LogP contribution in [0.5, 0.6) is 0 Å². The zero-order valence-corrected chi connectivity index (χ0v) is 12.8. The number of rotatable bonds is 4. The first-order chi connectivity index (χ1) is 9.60. The summed E-state index contributed by atoms with van der Waals surface area (Å²) >= 11 is 5.97. The maximum atomic E-state index is 12.4. The third-order valence-electron chi connectivity index (χ3n) is 3.68. The molecule has 0 atom stereocenters. The number of ether oxygens (including phenoxy) is 1. The first-order valence-electron chi connectivity index (χ1n) is 7.09. The third kappa shape index (κ3) is 3.93. The van der Waals surface area contributed by atoms with Crippen molar-refractivity contribution in [2.45, 2.75) is 26.2 Å². The SMILES string of the molecule is CCc1cc(C(=O)N(C)CC2CCOCC2)cc(Cl)n1. The lowest BCUT2D eigenvalue weighted by Gasteiger charge is -2.27. The van der Waals surface area contributed by atoms with Gasteiger partial charge in [0.2, 0.25) is 0 Å². The van der Waals surface area contributed by atoms with Gasteiger partial charge in [-0.15, -0.1) is 0 Å². The molecule has 0 spiro atoms. The Bertz CT molecular complexity index is 473. The Morgan fingerprint density at radius 1 is 1.45 bits per heavy atom. The molecule has 0 saturated carbocycles. The Kier molecular flexibility index (Phi) is 5.38. The Balaban J connectivity index is 2.03. The van der Waals surface area contributed by atoms with Crippen molar-refractivity contribution in [1.82, 2.24) is 9.88 Å². The van der Waals surface area contributed by atoms with Crippen LogP contribution in [0.3, 0.4) is 0 Å². The number of aromatic nitrogens is 1. The van der Waals surface area contributed by atoms with Gasteiger partial charge in [-0.2, -0.15) is 0 Å². The summed E-state index contributed by atoms with van der Waals surface area (Å²) in [5, 5.41) is 0.382. The van der Waals surface area contributed by atoms with E-state index in [1.54, 1.807) is 11.0 Å². The van der Waals surface area contributed by atoms with Gasteiger partial charge >= 0.3 is 0 Å². The van der Waals surface area contributed by atoms with Crippen LogP contribution in [0.1, 0.15) is 35.8 Å². The summed E-state index contributed by atoms with van der Waals surface area (Å²) in [4.78, 5) is 18.4. The van der Waals surface area contributed by atoms with Crippen LogP contribution in [0.15, 0.2) is 12.1 Å². The highest BCUT2D eigenvalue weighted by molar-refractivity contribution is 6.29. The maximum Gasteiger partial charge on any atom is 0.253 e. The molecule has 1 aromatic rings. The molecule has 0 unspecified atom stereocenters. The van der Waals surface area contributed by atoms with Crippen molar-refractivity contribution in [2.75, 3.05) is 26.8 Å². The molecule has 1 amide bonds. The molecule has 110 valence electrons. The zero-order valence-electron chi connectivity index (χ0n) is 12.1. The van der Waals surface area contributed by atoms with Crippen LogP contribution in [-0.4, -0.2) is 42.6 Å². The minimum absolute atomic E-state index is 0.00971. The molecule has 0 aliphatic carbocycles. The van der Waals surface area contributed by atoms with Gasteiger partial charge in [-0.25, -0.2) is 4.98 Å². The van der Waals surface area contributed by atoms with Gasteiger partial charge < -0.3 is 9.64 Å². The van der Waals surface area contributed by atoms with Crippen molar-refractivity contribution in [2.24, 2.45) is 5.92 Å². The number of nitrogens with zero attached hydrogens (tertiary/aromatic N) is 2. The van der Waals surface area contributed by atoms with E-state index in [2.05, 4.69) is 4.98 Å². The number of carbonyl (C=O) groups is 1. The number of pyridine rings is 1. The molecule has 0 aromatic carbocycles. The predicted molar refractivity (Wildman–Crippen MR) is 79.1 cm³/mol. The molecule has 2 rings (SSSR count). The molecule has 20 heavy (non-hydrogen) atoms. The summed E-state index contributed by atoms with van der Waals surface area (Å²) in [7, 11) is 1.84. The molecule has 4 nitrogen and oxygen atoms in total. The Hall–Kier alpha value is -1.13. The number of halogens is 1. The summed E-state index contributed by atoms with van der Waals surface area (Å²) in [6, 6.07) is 3.47. The fourth-order valence-corrected chi connectivity index (χ4v) is 2.70. The average molecular weight is 297 g/mol. The van der Waals surface area contributed by atoms with Gasteiger partial charge in [-0.3, -0.25) is 4.79 Å². The molecule has 2 heterocycles. The molecule has 0 bridgehead atoms. The van der Waals surface area contributed by atoms with Crippen molar-refractivity contribution >= 4 is 17.5 Å². The van der Waals surface area contributed by atoms with Gasteiger partial charge in [-0.1, -0.05) is 18.5 Å². The minimum Gasteiger partial charge on any atom is -0.381 e. The van der Waals surface area contributed by atoms with E-state index in [0.29, 0.717) is 16.6 Å². The van der Waals surface area contributed by atoms with Crippen LogP contribution < -0.4 is 0 Å². The van der Waals surface area contributed by atoms with E-state index in [4.69, 9.17) is 16.3 Å². The first kappa shape index (κ1) is 15.3. The lowest BCUT2D eigenvalue weighted by molar-refractivity contribution is 0.0497. The van der Waals surface area contributed by atoms with Gasteiger partial charge in [0.05, 0.1) is 0 Å². The van der Waals surface area contributed by atoms with E-state index in [-0.39, 0.29) is 5.91 Å². The zero-order chi connectivity index (χ0) is 14.5. The van der Waals surface area contributed by atoms with Crippen LogP contribution in [-0.2, 0) is 11.2 Å². The summed E-state index contributed by atoms with van der Waals surface area (Å²) in [5.74, 6) is 0.538. The van der Waals surface area contributed by atoms with Crippen LogP contribution in [0.25, 0.3) is 0 Å². The van der Waals surface area contributed by atoms with Crippen LogP contribution >= 0.6 is 11.6 Å². The number of hydrogen-bond donors (Lipinski definition) is 0. The number of amides is 1. The maximum absolute atomic E-state index is 12.4. The lowest BCUT2D eigenvalue weighted by atomic mass is 9.99. The smallest absolute Gasteiger partial charge is 0.253 e. The van der Waals surface area contributed by atoms with E-state index < -0.39 is 0 Å². The summed E-state index contributed by atoms with van der Waals surface area (Å²) in [6.45, 7) is 4.36. The van der Waals surface area contributed by atoms with Crippen molar-refractivity contribution in [3.63, 3.8) is 0 Å². The van der Waals surface area contributed by atoms with E-state index in [1.165, 1.54) is 0 Å². The van der Waals surface area contributed by atoms with Gasteiger partial charge in [0.15, 0.2) is 0 Å². The highest BCUT2D eigenvalue weighted by Crippen LogP contribution is 2.18. The molecule has 0 radical (unpaired) electrons. The van der Waals surface area contributed by atoms with Crippen molar-refractivity contribution < 1.29 is 9.53 Å². The number of carbonyl (C=O) groups excluding carboxylic acids is 1. The molecule has 1 aliphatic heterocycles. The summed E-state index contributed by atoms with van der Waals surface area (Å²) < 4.78 is 5.34. The standard InChI is InChI=1S/C15H21ClN2O2/c1-3-13-8-12(9-14(16)17-13)15(19)18(2)10-11-4-6-20-7-5-11/h8-9,11H,3-7,10H2,1-2H3. The van der Waals surface area contributed by atoms with Crippen LogP contribution in [0.4, 0.5) is 0 Å². The van der Waals surface area contributed by atoms with Gasteiger partial charge in [0.1, 0.15) is 5.15 Å². The molecule has 5 heteroatoms. The molecule has 1 aromatic heterocycles. The fourth-order valence-electron chi connectivity index (χ4n) is 2.48. The van der Waals surface area contributed by atoms with E-state index >= 15 is 0 Å². The second kappa shape index (κ2) is 7.04. The first-order valence-corrected chi connectivity index (χ1v) is 7.47. The largest absolute Gasteiger partial charge is 0.381 e. The second-order valence-electron chi connectivity index (χ2n) is 5.26. The molecule has 1 saturated heterocycles. The quantitative estimate of drug-likeness (QED) is 0.802. The molecule has 0 N–H and O–H groups in total. The van der Waals surface area contributed by atoms with Crippen molar-refractivity contribution in [1.29, 1.82) is 0 Å². The van der Waals surface area contributed by atoms with Gasteiger partial charge in [-0.05, 0) is 37.3 Å². The summed E-state index contributed by atoms with van der Waals surface area (Å²) in [6.07, 6.45) is 2.81. The normalized spacial score (nSPS) is 16.1. The average Bonchev–Trinajstić information content (AvgIpc) is 2.46. The van der Waals surface area contributed by atoms with Gasteiger partial charge in [0, 0.05) is 38.1 Å². The van der Waals surface area contributed by atoms with Crippen LogP contribution in [0, 0.1) is 5.92 Å². The van der Waals surface area contributed by atoms with Crippen molar-refractivity contribution in [3.05, 3.63) is 28.5 Å². The number of aryl methyl sites for hydroxylation is 1. The lowest BCUT2D eigenvalue weighted by Crippen LogP contribution is -2.34. The van der Waals surface area contributed by atoms with Crippen LogP contribution in [0.2, 0.25) is 5.15 Å². The van der Waals surface area contributed by atoms with Gasteiger partial charge in [0.25, 0.3) is 5.91 Å². The van der Waals surface area contributed by atoms with E-state index in [9.17, 15) is 4.79 Å².